The van der Waals surface area contributed by atoms with Crippen LogP contribution < -0.4 is 0 Å². The Bertz CT molecular complexity index is 772. The first-order chi connectivity index (χ1) is 13.4. The van der Waals surface area contributed by atoms with Crippen molar-refractivity contribution in [3.63, 3.8) is 0 Å². The van der Waals surface area contributed by atoms with Gasteiger partial charge in [0, 0.05) is 12.4 Å². The molecule has 0 amide bonds. The van der Waals surface area contributed by atoms with E-state index in [2.05, 4.69) is 50.2 Å². The molecule has 3 fully saturated rings. The van der Waals surface area contributed by atoms with Gasteiger partial charge in [0.15, 0.2) is 0 Å². The molecule has 0 spiro atoms. The average molecular weight is 380 g/mol. The predicted molar refractivity (Wildman–Crippen MR) is 115 cm³/mol. The lowest BCUT2D eigenvalue weighted by Gasteiger charge is -2.62. The number of rotatable bonds is 2. The Morgan fingerprint density at radius 2 is 1.96 bits per heavy atom. The largest absolute Gasteiger partial charge is 0.390 e. The second kappa shape index (κ2) is 6.42. The fourth-order valence-electron chi connectivity index (χ4n) is 8.18. The highest BCUT2D eigenvalue weighted by Crippen LogP contribution is 2.68. The first kappa shape index (κ1) is 18.9. The molecule has 2 heteroatoms. The van der Waals surface area contributed by atoms with E-state index < -0.39 is 0 Å². The van der Waals surface area contributed by atoms with Crippen LogP contribution in [0, 0.1) is 34.5 Å². The van der Waals surface area contributed by atoms with E-state index in [1.54, 1.807) is 5.57 Å². The molecular weight excluding hydrogens is 342 g/mol. The van der Waals surface area contributed by atoms with Crippen molar-refractivity contribution in [2.24, 2.45) is 34.5 Å². The molecular formula is C26H37NO. The van der Waals surface area contributed by atoms with Gasteiger partial charge in [-0.15, -0.1) is 0 Å². The second-order valence-corrected chi connectivity index (χ2v) is 11.0. The summed E-state index contributed by atoms with van der Waals surface area (Å²) in [5, 5.41) is 11.0. The van der Waals surface area contributed by atoms with E-state index in [0.717, 1.165) is 42.9 Å². The quantitative estimate of drug-likeness (QED) is 0.658. The molecule has 1 aromatic heterocycles. The van der Waals surface area contributed by atoms with Gasteiger partial charge in [0.05, 0.1) is 5.60 Å². The molecule has 2 nitrogen and oxygen atoms in total. The Morgan fingerprint density at radius 3 is 2.71 bits per heavy atom. The topological polar surface area (TPSA) is 33.1 Å². The van der Waals surface area contributed by atoms with Gasteiger partial charge in [0.25, 0.3) is 0 Å². The smallest absolute Gasteiger partial charge is 0.0648 e. The monoisotopic (exact) mass is 379 g/mol. The van der Waals surface area contributed by atoms with Gasteiger partial charge in [0.2, 0.25) is 0 Å². The molecule has 0 saturated heterocycles. The lowest BCUT2D eigenvalue weighted by molar-refractivity contribution is -0.144. The molecule has 1 N–H and O–H groups in total. The first-order valence-electron chi connectivity index (χ1n) is 11.7. The van der Waals surface area contributed by atoms with Gasteiger partial charge < -0.3 is 5.11 Å². The summed E-state index contributed by atoms with van der Waals surface area (Å²) in [4.78, 5) is 4.40. The maximum atomic E-state index is 11.0. The number of pyridine rings is 1. The third-order valence-corrected chi connectivity index (χ3v) is 10.0. The van der Waals surface area contributed by atoms with Crippen LogP contribution in [-0.4, -0.2) is 15.7 Å². The molecule has 4 aliphatic rings. The molecule has 1 heterocycles. The van der Waals surface area contributed by atoms with Gasteiger partial charge in [-0.3, -0.25) is 4.98 Å². The molecule has 7 atom stereocenters. The molecule has 0 aromatic carbocycles. The number of nitrogens with zero attached hydrogens (tertiary/aromatic N) is 1. The van der Waals surface area contributed by atoms with E-state index in [-0.39, 0.29) is 5.60 Å². The Morgan fingerprint density at radius 1 is 1.11 bits per heavy atom. The Balaban J connectivity index is 1.42. The van der Waals surface area contributed by atoms with Crippen molar-refractivity contribution in [2.45, 2.75) is 84.2 Å². The molecule has 0 radical (unpaired) electrons. The number of aliphatic hydroxyl groups is 1. The Hall–Kier alpha value is -1.15. The van der Waals surface area contributed by atoms with Gasteiger partial charge in [-0.05, 0) is 109 Å². The van der Waals surface area contributed by atoms with E-state index in [1.165, 1.54) is 44.1 Å². The number of hydrogen-bond acceptors (Lipinski definition) is 2. The van der Waals surface area contributed by atoms with Gasteiger partial charge >= 0.3 is 0 Å². The van der Waals surface area contributed by atoms with Crippen molar-refractivity contribution in [1.82, 2.24) is 4.98 Å². The summed E-state index contributed by atoms with van der Waals surface area (Å²) in [5.74, 6) is 3.24. The van der Waals surface area contributed by atoms with E-state index >= 15 is 0 Å². The van der Waals surface area contributed by atoms with Crippen LogP contribution in [0.2, 0.25) is 0 Å². The van der Waals surface area contributed by atoms with Crippen LogP contribution >= 0.6 is 0 Å². The summed E-state index contributed by atoms with van der Waals surface area (Å²) < 4.78 is 0. The van der Waals surface area contributed by atoms with Crippen molar-refractivity contribution in [3.05, 3.63) is 36.2 Å². The minimum Gasteiger partial charge on any atom is -0.390 e. The summed E-state index contributed by atoms with van der Waals surface area (Å²) in [6, 6.07) is 4.34. The zero-order valence-corrected chi connectivity index (χ0v) is 18.0. The van der Waals surface area contributed by atoms with Gasteiger partial charge in [-0.25, -0.2) is 0 Å². The molecule has 1 aromatic rings. The van der Waals surface area contributed by atoms with Crippen molar-refractivity contribution >= 4 is 5.57 Å². The normalized spacial score (nSPS) is 47.6. The lowest BCUT2D eigenvalue weighted by Crippen LogP contribution is -2.55. The predicted octanol–water partition coefficient (Wildman–Crippen LogP) is 6.26. The fraction of sp³-hybridized carbons (Fsp3) is 0.731. The first-order valence-corrected chi connectivity index (χ1v) is 11.7. The van der Waals surface area contributed by atoms with Gasteiger partial charge in [0.1, 0.15) is 0 Å². The minimum absolute atomic E-state index is 0.326. The standard InChI is InChI=1S/C26H37NO/c1-4-26(28)14-13-24(2)19(16-26)7-8-20-22-10-9-21(18-6-5-15-27-17-18)25(22,3)12-11-23(20)24/h5-6,9,15,17,19-20,22-23,28H,4,7-8,10-14,16H2,1-3H3. The van der Waals surface area contributed by atoms with E-state index in [9.17, 15) is 5.11 Å². The summed E-state index contributed by atoms with van der Waals surface area (Å²) in [6.45, 7) is 7.31. The minimum atomic E-state index is -0.386. The highest BCUT2D eigenvalue weighted by molar-refractivity contribution is 5.72. The van der Waals surface area contributed by atoms with Crippen molar-refractivity contribution in [2.75, 3.05) is 0 Å². The zero-order valence-electron chi connectivity index (χ0n) is 18.0. The molecule has 0 aliphatic heterocycles. The van der Waals surface area contributed by atoms with E-state index in [1.807, 2.05) is 6.20 Å². The van der Waals surface area contributed by atoms with Crippen molar-refractivity contribution in [1.29, 1.82) is 0 Å². The molecule has 5 rings (SSSR count). The van der Waals surface area contributed by atoms with Crippen LogP contribution in [0.1, 0.15) is 84.1 Å². The van der Waals surface area contributed by atoms with E-state index in [0.29, 0.717) is 10.8 Å². The molecule has 4 aliphatic carbocycles. The molecule has 3 saturated carbocycles. The molecule has 7 unspecified atom stereocenters. The van der Waals surface area contributed by atoms with Crippen LogP contribution in [0.5, 0.6) is 0 Å². The van der Waals surface area contributed by atoms with Crippen molar-refractivity contribution < 1.29 is 5.11 Å². The summed E-state index contributed by atoms with van der Waals surface area (Å²) in [6.07, 6.45) is 17.4. The fourth-order valence-corrected chi connectivity index (χ4v) is 8.18. The third kappa shape index (κ3) is 2.59. The average Bonchev–Trinajstić information content (AvgIpc) is 3.06. The van der Waals surface area contributed by atoms with Crippen LogP contribution in [0.15, 0.2) is 30.6 Å². The Kier molecular flexibility index (Phi) is 4.32. The van der Waals surface area contributed by atoms with Gasteiger partial charge in [-0.1, -0.05) is 32.9 Å². The number of aromatic nitrogens is 1. The third-order valence-electron chi connectivity index (χ3n) is 10.0. The van der Waals surface area contributed by atoms with Crippen molar-refractivity contribution in [3.8, 4) is 0 Å². The van der Waals surface area contributed by atoms with E-state index in [4.69, 9.17) is 0 Å². The molecule has 28 heavy (non-hydrogen) atoms. The van der Waals surface area contributed by atoms with Crippen LogP contribution in [0.3, 0.4) is 0 Å². The summed E-state index contributed by atoms with van der Waals surface area (Å²) >= 11 is 0. The summed E-state index contributed by atoms with van der Waals surface area (Å²) in [5.41, 5.74) is 3.30. The lowest BCUT2D eigenvalue weighted by atomic mass is 9.43. The number of hydrogen-bond donors (Lipinski definition) is 1. The highest BCUT2D eigenvalue weighted by atomic mass is 16.3. The number of allylic oxidation sites excluding steroid dienone is 2. The molecule has 0 bridgehead atoms. The van der Waals surface area contributed by atoms with Crippen LogP contribution in [0.25, 0.3) is 5.57 Å². The van der Waals surface area contributed by atoms with Crippen LogP contribution in [-0.2, 0) is 0 Å². The highest BCUT2D eigenvalue weighted by Gasteiger charge is 2.59. The second-order valence-electron chi connectivity index (χ2n) is 11.0. The number of fused-ring (bicyclic) bond motifs is 5. The Labute approximate surface area is 170 Å². The summed E-state index contributed by atoms with van der Waals surface area (Å²) in [7, 11) is 0. The maximum absolute atomic E-state index is 11.0. The zero-order chi connectivity index (χ0) is 19.6. The SMILES string of the molecule is CCC1(O)CCC2(C)C(CCC3C4CC=C(c5cccnc5)C4(C)CCC32)C1. The van der Waals surface area contributed by atoms with Gasteiger partial charge in [-0.2, -0.15) is 0 Å². The van der Waals surface area contributed by atoms with Crippen LogP contribution in [0.4, 0.5) is 0 Å². The maximum Gasteiger partial charge on any atom is 0.0648 e. The molecule has 152 valence electrons.